The summed E-state index contributed by atoms with van der Waals surface area (Å²) < 4.78 is 0. The van der Waals surface area contributed by atoms with Crippen LogP contribution >= 0.6 is 0 Å². The van der Waals surface area contributed by atoms with E-state index >= 15 is 0 Å². The summed E-state index contributed by atoms with van der Waals surface area (Å²) in [6, 6.07) is 0. The van der Waals surface area contributed by atoms with Crippen molar-refractivity contribution in [2.24, 2.45) is 5.92 Å². The van der Waals surface area contributed by atoms with E-state index in [2.05, 4.69) is 9.97 Å². The number of H-pyrrole nitrogens is 1. The number of hydrogen-bond acceptors (Lipinski definition) is 2. The van der Waals surface area contributed by atoms with Crippen molar-refractivity contribution < 1.29 is 0 Å². The molecule has 0 saturated heterocycles. The fourth-order valence-corrected chi connectivity index (χ4v) is 3.25. The lowest BCUT2D eigenvalue weighted by molar-refractivity contribution is 0.269. The Labute approximate surface area is 88.9 Å². The molecule has 3 nitrogen and oxygen atoms in total. The summed E-state index contributed by atoms with van der Waals surface area (Å²) in [6.07, 6.45) is 8.91. The molecule has 1 saturated carbocycles. The molecule has 1 aromatic rings. The second-order valence-corrected chi connectivity index (χ2v) is 4.79. The van der Waals surface area contributed by atoms with Crippen molar-refractivity contribution in [3.63, 3.8) is 0 Å². The molecule has 2 aliphatic carbocycles. The van der Waals surface area contributed by atoms with Gasteiger partial charge in [-0.1, -0.05) is 12.8 Å². The van der Waals surface area contributed by atoms with Crippen molar-refractivity contribution in [1.82, 2.24) is 9.97 Å². The van der Waals surface area contributed by atoms with Gasteiger partial charge < -0.3 is 4.98 Å². The zero-order valence-electron chi connectivity index (χ0n) is 8.83. The Morgan fingerprint density at radius 3 is 3.07 bits per heavy atom. The molecular formula is C12H16N2O. The molecule has 1 heterocycles. The van der Waals surface area contributed by atoms with E-state index in [1.807, 2.05) is 0 Å². The first-order valence-corrected chi connectivity index (χ1v) is 5.92. The molecule has 1 aromatic heterocycles. The molecule has 2 atom stereocenters. The number of aromatic nitrogens is 2. The highest BCUT2D eigenvalue weighted by molar-refractivity contribution is 5.25. The molecule has 15 heavy (non-hydrogen) atoms. The van der Waals surface area contributed by atoms with Gasteiger partial charge in [-0.05, 0) is 31.6 Å². The van der Waals surface area contributed by atoms with E-state index in [0.29, 0.717) is 5.92 Å². The van der Waals surface area contributed by atoms with Crippen LogP contribution in [0.1, 0.15) is 49.3 Å². The van der Waals surface area contributed by atoms with Crippen LogP contribution < -0.4 is 5.56 Å². The van der Waals surface area contributed by atoms with E-state index in [1.165, 1.54) is 32.1 Å². The Balaban J connectivity index is 2.07. The Kier molecular flexibility index (Phi) is 2.11. The summed E-state index contributed by atoms with van der Waals surface area (Å²) in [7, 11) is 0. The second-order valence-electron chi connectivity index (χ2n) is 4.79. The fourth-order valence-electron chi connectivity index (χ4n) is 3.25. The van der Waals surface area contributed by atoms with E-state index < -0.39 is 0 Å². The molecule has 0 unspecified atom stereocenters. The number of rotatable bonds is 0. The quantitative estimate of drug-likeness (QED) is 0.702. The number of fused-ring (bicyclic) bond motifs is 3. The molecule has 3 rings (SSSR count). The van der Waals surface area contributed by atoms with E-state index in [1.54, 1.807) is 6.33 Å². The summed E-state index contributed by atoms with van der Waals surface area (Å²) in [5.41, 5.74) is 2.15. The minimum atomic E-state index is 0.0871. The minimum absolute atomic E-state index is 0.0871. The third kappa shape index (κ3) is 1.41. The molecule has 80 valence electrons. The van der Waals surface area contributed by atoms with Gasteiger partial charge in [-0.3, -0.25) is 4.79 Å². The van der Waals surface area contributed by atoms with Crippen molar-refractivity contribution in [2.75, 3.05) is 0 Å². The summed E-state index contributed by atoms with van der Waals surface area (Å²) >= 11 is 0. The van der Waals surface area contributed by atoms with Crippen LogP contribution in [0.15, 0.2) is 11.1 Å². The summed E-state index contributed by atoms with van der Waals surface area (Å²) in [5.74, 6) is 1.37. The van der Waals surface area contributed by atoms with E-state index in [0.717, 1.165) is 23.6 Å². The average molecular weight is 204 g/mol. The van der Waals surface area contributed by atoms with Gasteiger partial charge in [0.2, 0.25) is 0 Å². The predicted octanol–water partition coefficient (Wildman–Crippen LogP) is 1.99. The Bertz CT molecular complexity index is 424. The molecule has 0 bridgehead atoms. The number of hydrogen-bond donors (Lipinski definition) is 1. The Morgan fingerprint density at radius 2 is 2.13 bits per heavy atom. The van der Waals surface area contributed by atoms with Gasteiger partial charge in [0, 0.05) is 11.5 Å². The molecule has 0 aliphatic heterocycles. The Hall–Kier alpha value is -1.12. The van der Waals surface area contributed by atoms with Gasteiger partial charge in [0.1, 0.15) is 0 Å². The van der Waals surface area contributed by atoms with E-state index in [9.17, 15) is 4.79 Å². The lowest BCUT2D eigenvalue weighted by Crippen LogP contribution is -2.30. The maximum Gasteiger partial charge on any atom is 0.254 e. The standard InChI is InChI=1S/C12H16N2O/c15-12-10-6-5-8-3-1-2-4-9(8)11(10)13-7-14-12/h7-9H,1-6H2,(H,13,14,15)/t8-,9+/m0/s1. The van der Waals surface area contributed by atoms with Crippen LogP contribution in [0.5, 0.6) is 0 Å². The summed E-state index contributed by atoms with van der Waals surface area (Å²) in [4.78, 5) is 18.7. The summed E-state index contributed by atoms with van der Waals surface area (Å²) in [6.45, 7) is 0. The molecular weight excluding hydrogens is 188 g/mol. The highest BCUT2D eigenvalue weighted by atomic mass is 16.1. The lowest BCUT2D eigenvalue weighted by atomic mass is 9.70. The Morgan fingerprint density at radius 1 is 1.27 bits per heavy atom. The molecule has 3 heteroatoms. The number of aromatic amines is 1. The van der Waals surface area contributed by atoms with Crippen LogP contribution in [0, 0.1) is 5.92 Å². The second kappa shape index (κ2) is 3.47. The van der Waals surface area contributed by atoms with E-state index in [4.69, 9.17) is 0 Å². The minimum Gasteiger partial charge on any atom is -0.313 e. The van der Waals surface area contributed by atoms with Crippen LogP contribution in [0.3, 0.4) is 0 Å². The van der Waals surface area contributed by atoms with Crippen molar-refractivity contribution in [3.05, 3.63) is 27.9 Å². The first kappa shape index (κ1) is 9.13. The van der Waals surface area contributed by atoms with Crippen molar-refractivity contribution in [3.8, 4) is 0 Å². The normalized spacial score (nSPS) is 29.3. The van der Waals surface area contributed by atoms with Crippen LogP contribution in [-0.2, 0) is 6.42 Å². The van der Waals surface area contributed by atoms with Crippen molar-refractivity contribution in [1.29, 1.82) is 0 Å². The van der Waals surface area contributed by atoms with Gasteiger partial charge in [0.05, 0.1) is 12.0 Å². The SMILES string of the molecule is O=c1[nH]cnc2c1CC[C@@H]1CCCC[C@@H]21. The molecule has 1 N–H and O–H groups in total. The van der Waals surface area contributed by atoms with Crippen molar-refractivity contribution >= 4 is 0 Å². The monoisotopic (exact) mass is 204 g/mol. The smallest absolute Gasteiger partial charge is 0.254 e. The fraction of sp³-hybridized carbons (Fsp3) is 0.667. The van der Waals surface area contributed by atoms with Gasteiger partial charge in [-0.2, -0.15) is 0 Å². The molecule has 0 radical (unpaired) electrons. The van der Waals surface area contributed by atoms with Gasteiger partial charge in [-0.15, -0.1) is 0 Å². The molecule has 0 amide bonds. The molecule has 0 spiro atoms. The molecule has 2 aliphatic rings. The van der Waals surface area contributed by atoms with Crippen LogP contribution in [0.2, 0.25) is 0 Å². The van der Waals surface area contributed by atoms with Gasteiger partial charge in [0.25, 0.3) is 5.56 Å². The van der Waals surface area contributed by atoms with E-state index in [-0.39, 0.29) is 5.56 Å². The van der Waals surface area contributed by atoms with Crippen LogP contribution in [-0.4, -0.2) is 9.97 Å². The lowest BCUT2D eigenvalue weighted by Gasteiger charge is -2.35. The van der Waals surface area contributed by atoms with Crippen LogP contribution in [0.25, 0.3) is 0 Å². The first-order chi connectivity index (χ1) is 7.36. The zero-order chi connectivity index (χ0) is 10.3. The third-order valence-corrected chi connectivity index (χ3v) is 4.01. The highest BCUT2D eigenvalue weighted by Gasteiger charge is 2.33. The topological polar surface area (TPSA) is 45.8 Å². The maximum absolute atomic E-state index is 11.6. The van der Waals surface area contributed by atoms with Gasteiger partial charge in [-0.25, -0.2) is 4.98 Å². The largest absolute Gasteiger partial charge is 0.313 e. The van der Waals surface area contributed by atoms with Crippen LogP contribution in [0.4, 0.5) is 0 Å². The number of nitrogens with one attached hydrogen (secondary N) is 1. The maximum atomic E-state index is 11.6. The molecule has 1 fully saturated rings. The number of nitrogens with zero attached hydrogens (tertiary/aromatic N) is 1. The molecule has 0 aromatic carbocycles. The van der Waals surface area contributed by atoms with Crippen molar-refractivity contribution in [2.45, 2.75) is 44.4 Å². The third-order valence-electron chi connectivity index (χ3n) is 4.01. The summed E-state index contributed by atoms with van der Waals surface area (Å²) in [5, 5.41) is 0. The average Bonchev–Trinajstić information content (AvgIpc) is 2.29. The predicted molar refractivity (Wildman–Crippen MR) is 57.9 cm³/mol. The highest BCUT2D eigenvalue weighted by Crippen LogP contribution is 2.42. The zero-order valence-corrected chi connectivity index (χ0v) is 8.83. The van der Waals surface area contributed by atoms with Gasteiger partial charge >= 0.3 is 0 Å². The van der Waals surface area contributed by atoms with Gasteiger partial charge in [0.15, 0.2) is 0 Å². The first-order valence-electron chi connectivity index (χ1n) is 5.92.